The smallest absolute Gasteiger partial charge is 0.244 e. The van der Waals surface area contributed by atoms with Gasteiger partial charge in [-0.1, -0.05) is 12.1 Å². The molecule has 0 saturated carbocycles. The summed E-state index contributed by atoms with van der Waals surface area (Å²) >= 11 is 0. The predicted molar refractivity (Wildman–Crippen MR) is 128 cm³/mol. The van der Waals surface area contributed by atoms with Crippen LogP contribution in [-0.2, 0) is 9.59 Å². The molecule has 0 saturated heterocycles. The number of hydrogen-bond acceptors (Lipinski definition) is 6. The molecule has 0 radical (unpaired) electrons. The van der Waals surface area contributed by atoms with Gasteiger partial charge in [0.2, 0.25) is 11.8 Å². The van der Waals surface area contributed by atoms with E-state index in [-0.39, 0.29) is 24.4 Å². The van der Waals surface area contributed by atoms with Gasteiger partial charge in [0.25, 0.3) is 0 Å². The highest BCUT2D eigenvalue weighted by Gasteiger charge is 2.07. The number of amides is 2. The Hall–Kier alpha value is -3.94. The van der Waals surface area contributed by atoms with Gasteiger partial charge >= 0.3 is 0 Å². The average molecular weight is 455 g/mol. The van der Waals surface area contributed by atoms with Crippen molar-refractivity contribution in [3.05, 3.63) is 59.7 Å². The van der Waals surface area contributed by atoms with Crippen molar-refractivity contribution in [3.8, 4) is 23.0 Å². The first-order valence-corrected chi connectivity index (χ1v) is 10.3. The molecule has 2 aromatic carbocycles. The van der Waals surface area contributed by atoms with Gasteiger partial charge in [-0.05, 0) is 54.5 Å². The van der Waals surface area contributed by atoms with E-state index in [2.05, 4.69) is 10.6 Å². The van der Waals surface area contributed by atoms with E-state index in [1.165, 1.54) is 12.2 Å². The zero-order valence-corrected chi connectivity index (χ0v) is 19.5. The second-order valence-corrected chi connectivity index (χ2v) is 7.05. The summed E-state index contributed by atoms with van der Waals surface area (Å²) in [6.45, 7) is 2.09. The fourth-order valence-electron chi connectivity index (χ4n) is 2.91. The van der Waals surface area contributed by atoms with E-state index >= 15 is 0 Å². The summed E-state index contributed by atoms with van der Waals surface area (Å²) in [6.07, 6.45) is 6.20. The minimum absolute atomic E-state index is 0.258. The molecule has 2 amide bonds. The molecule has 2 rings (SSSR count). The molecule has 2 N–H and O–H groups in total. The van der Waals surface area contributed by atoms with Gasteiger partial charge in [-0.25, -0.2) is 0 Å². The second-order valence-electron chi connectivity index (χ2n) is 7.05. The topological polar surface area (TPSA) is 95.1 Å². The molecule has 1 unspecified atom stereocenters. The highest BCUT2D eigenvalue weighted by atomic mass is 16.5. The van der Waals surface area contributed by atoms with Gasteiger partial charge in [0.1, 0.15) is 0 Å². The highest BCUT2D eigenvalue weighted by molar-refractivity contribution is 5.93. The fraction of sp³-hybridized carbons (Fsp3) is 0.280. The van der Waals surface area contributed by atoms with Crippen molar-refractivity contribution >= 4 is 24.0 Å². The number of hydrogen-bond donors (Lipinski definition) is 2. The Morgan fingerprint density at radius 3 is 1.67 bits per heavy atom. The van der Waals surface area contributed by atoms with Crippen LogP contribution in [0.25, 0.3) is 12.2 Å². The number of carbonyl (C=O) groups excluding carboxylic acids is 2. The molecule has 2 aromatic rings. The molecule has 8 heteroatoms. The number of benzene rings is 2. The Morgan fingerprint density at radius 2 is 1.21 bits per heavy atom. The number of methoxy groups -OCH3 is 4. The Morgan fingerprint density at radius 1 is 0.758 bits per heavy atom. The minimum Gasteiger partial charge on any atom is -0.493 e. The largest absolute Gasteiger partial charge is 0.493 e. The van der Waals surface area contributed by atoms with Gasteiger partial charge in [0, 0.05) is 24.7 Å². The van der Waals surface area contributed by atoms with Crippen molar-refractivity contribution < 1.29 is 28.5 Å². The third kappa shape index (κ3) is 7.92. The molecular formula is C25H30N2O6. The van der Waals surface area contributed by atoms with Gasteiger partial charge in [0.05, 0.1) is 28.4 Å². The third-order valence-electron chi connectivity index (χ3n) is 4.64. The van der Waals surface area contributed by atoms with Gasteiger partial charge in [0.15, 0.2) is 23.0 Å². The standard InChI is InChI=1S/C25H30N2O6/c1-17(27-25(29)13-9-19-7-11-21(31-3)23(15-19)33-5)16-26-24(28)12-8-18-6-10-20(30-2)22(14-18)32-4/h6-15,17H,16H2,1-5H3,(H,26,28)(H,27,29)/b12-8+,13-9+. The molecule has 1 atom stereocenters. The normalized spacial score (nSPS) is 11.8. The van der Waals surface area contributed by atoms with Crippen LogP contribution >= 0.6 is 0 Å². The second kappa shape index (κ2) is 12.8. The summed E-state index contributed by atoms with van der Waals surface area (Å²) in [7, 11) is 6.23. The summed E-state index contributed by atoms with van der Waals surface area (Å²) in [5.41, 5.74) is 1.59. The van der Waals surface area contributed by atoms with E-state index < -0.39 is 0 Å². The number of nitrogens with one attached hydrogen (secondary N) is 2. The van der Waals surface area contributed by atoms with Crippen LogP contribution in [0.5, 0.6) is 23.0 Å². The fourth-order valence-corrected chi connectivity index (χ4v) is 2.91. The molecule has 0 aliphatic carbocycles. The molecule has 0 aromatic heterocycles. The first-order valence-electron chi connectivity index (χ1n) is 10.3. The van der Waals surface area contributed by atoms with Crippen molar-refractivity contribution in [2.45, 2.75) is 13.0 Å². The minimum atomic E-state index is -0.272. The molecule has 0 aliphatic rings. The molecule has 0 bridgehead atoms. The molecule has 0 spiro atoms. The summed E-state index contributed by atoms with van der Waals surface area (Å²) in [4.78, 5) is 24.3. The van der Waals surface area contributed by atoms with Gasteiger partial charge in [-0.3, -0.25) is 9.59 Å². The van der Waals surface area contributed by atoms with Gasteiger partial charge in [-0.15, -0.1) is 0 Å². The Kier molecular flexibility index (Phi) is 9.82. The first kappa shape index (κ1) is 25.3. The lowest BCUT2D eigenvalue weighted by Gasteiger charge is -2.13. The Bertz CT molecular complexity index is 1020. The highest BCUT2D eigenvalue weighted by Crippen LogP contribution is 2.28. The zero-order chi connectivity index (χ0) is 24.2. The number of carbonyl (C=O) groups is 2. The maximum atomic E-state index is 12.2. The van der Waals surface area contributed by atoms with Crippen LogP contribution in [-0.4, -0.2) is 52.8 Å². The predicted octanol–water partition coefficient (Wildman–Crippen LogP) is 3.07. The summed E-state index contributed by atoms with van der Waals surface area (Å²) in [5.74, 6) is 1.85. The van der Waals surface area contributed by atoms with Crippen LogP contribution in [0.3, 0.4) is 0 Å². The molecule has 8 nitrogen and oxygen atoms in total. The van der Waals surface area contributed by atoms with E-state index in [1.54, 1.807) is 71.8 Å². The van der Waals surface area contributed by atoms with Crippen molar-refractivity contribution in [1.82, 2.24) is 10.6 Å². The number of rotatable bonds is 11. The van der Waals surface area contributed by atoms with Crippen molar-refractivity contribution in [2.24, 2.45) is 0 Å². The van der Waals surface area contributed by atoms with Gasteiger partial charge in [-0.2, -0.15) is 0 Å². The lowest BCUT2D eigenvalue weighted by atomic mass is 10.2. The Labute approximate surface area is 194 Å². The lowest BCUT2D eigenvalue weighted by Crippen LogP contribution is -2.40. The molecule has 0 heterocycles. The quantitative estimate of drug-likeness (QED) is 0.507. The van der Waals surface area contributed by atoms with E-state index in [4.69, 9.17) is 18.9 Å². The monoisotopic (exact) mass is 454 g/mol. The third-order valence-corrected chi connectivity index (χ3v) is 4.64. The molecule has 33 heavy (non-hydrogen) atoms. The van der Waals surface area contributed by atoms with Crippen molar-refractivity contribution in [2.75, 3.05) is 35.0 Å². The summed E-state index contributed by atoms with van der Waals surface area (Å²) < 4.78 is 20.9. The van der Waals surface area contributed by atoms with Crippen LogP contribution in [0.4, 0.5) is 0 Å². The molecule has 0 aliphatic heterocycles. The van der Waals surface area contributed by atoms with Crippen LogP contribution in [0.1, 0.15) is 18.1 Å². The van der Waals surface area contributed by atoms with Crippen molar-refractivity contribution in [1.29, 1.82) is 0 Å². The SMILES string of the molecule is COc1ccc(/C=C/C(=O)NCC(C)NC(=O)/C=C/c2ccc(OC)c(OC)c2)cc1OC. The molecule has 176 valence electrons. The summed E-state index contributed by atoms with van der Waals surface area (Å²) in [5, 5.41) is 5.57. The maximum Gasteiger partial charge on any atom is 0.244 e. The van der Waals surface area contributed by atoms with E-state index in [0.29, 0.717) is 23.0 Å². The molecule has 0 fully saturated rings. The van der Waals surface area contributed by atoms with Crippen LogP contribution in [0, 0.1) is 0 Å². The van der Waals surface area contributed by atoms with Crippen LogP contribution in [0.15, 0.2) is 48.6 Å². The van der Waals surface area contributed by atoms with Crippen LogP contribution < -0.4 is 29.6 Å². The van der Waals surface area contributed by atoms with E-state index in [0.717, 1.165) is 11.1 Å². The van der Waals surface area contributed by atoms with E-state index in [1.807, 2.05) is 12.1 Å². The number of ether oxygens (including phenoxy) is 4. The van der Waals surface area contributed by atoms with Gasteiger partial charge < -0.3 is 29.6 Å². The van der Waals surface area contributed by atoms with Crippen LogP contribution in [0.2, 0.25) is 0 Å². The maximum absolute atomic E-state index is 12.2. The first-order chi connectivity index (χ1) is 15.9. The average Bonchev–Trinajstić information content (AvgIpc) is 2.84. The molecular weight excluding hydrogens is 424 g/mol. The lowest BCUT2D eigenvalue weighted by molar-refractivity contribution is -0.118. The Balaban J connectivity index is 1.82. The summed E-state index contributed by atoms with van der Waals surface area (Å²) in [6, 6.07) is 10.5. The van der Waals surface area contributed by atoms with E-state index in [9.17, 15) is 9.59 Å². The van der Waals surface area contributed by atoms with Crippen molar-refractivity contribution in [3.63, 3.8) is 0 Å². The zero-order valence-electron chi connectivity index (χ0n) is 19.5.